The summed E-state index contributed by atoms with van der Waals surface area (Å²) in [7, 11) is 0. The zero-order valence-corrected chi connectivity index (χ0v) is 33.2. The maximum Gasteiger partial charge on any atom is 0.408 e. The topological polar surface area (TPSA) is 144 Å². The molecule has 2 N–H and O–H groups in total. The largest absolute Gasteiger partial charge is 0.459 e. The second-order valence-corrected chi connectivity index (χ2v) is 16.1. The predicted molar refractivity (Wildman–Crippen MR) is 214 cm³/mol. The second-order valence-electron chi connectivity index (χ2n) is 16.1. The fourth-order valence-corrected chi connectivity index (χ4v) is 7.77. The lowest BCUT2D eigenvalue weighted by molar-refractivity contribution is -0.253. The van der Waals surface area contributed by atoms with E-state index >= 15 is 0 Å². The molecule has 4 aromatic carbocycles. The van der Waals surface area contributed by atoms with Crippen molar-refractivity contribution in [2.75, 3.05) is 13.1 Å². The number of aliphatic hydroxyl groups excluding tert-OH is 1. The van der Waals surface area contributed by atoms with Crippen molar-refractivity contribution in [1.82, 2.24) is 15.1 Å². The maximum atomic E-state index is 13.4. The lowest BCUT2D eigenvalue weighted by Gasteiger charge is -2.38. The summed E-state index contributed by atoms with van der Waals surface area (Å²) in [6.07, 6.45) is 0.0636. The molecule has 3 fully saturated rings. The van der Waals surface area contributed by atoms with Gasteiger partial charge in [-0.15, -0.1) is 0 Å². The summed E-state index contributed by atoms with van der Waals surface area (Å²) in [6, 6.07) is 31.0. The Balaban J connectivity index is 1.04. The Morgan fingerprint density at radius 2 is 1.57 bits per heavy atom. The lowest BCUT2D eigenvalue weighted by Crippen LogP contribution is -2.45. The number of hydrogen-bond acceptors (Lipinski definition) is 10. The molecule has 12 nitrogen and oxygen atoms in total. The number of hydrogen-bond donors (Lipinski definition) is 2. The molecule has 0 radical (unpaired) electrons. The van der Waals surface area contributed by atoms with Gasteiger partial charge in [0.2, 0.25) is 5.91 Å². The zero-order chi connectivity index (χ0) is 40.8. The molecule has 12 heteroatoms. The first-order valence-corrected chi connectivity index (χ1v) is 19.9. The van der Waals surface area contributed by atoms with E-state index in [1.165, 1.54) is 4.90 Å². The van der Waals surface area contributed by atoms with Crippen molar-refractivity contribution in [3.63, 3.8) is 0 Å². The molecular formula is C46H51N3O9. The first-order chi connectivity index (χ1) is 27.9. The van der Waals surface area contributed by atoms with Gasteiger partial charge in [-0.3, -0.25) is 24.2 Å². The van der Waals surface area contributed by atoms with Gasteiger partial charge < -0.3 is 29.4 Å². The molecule has 4 aromatic rings. The van der Waals surface area contributed by atoms with Crippen LogP contribution >= 0.6 is 0 Å². The molecule has 3 aliphatic heterocycles. The van der Waals surface area contributed by atoms with E-state index in [2.05, 4.69) is 10.2 Å². The van der Waals surface area contributed by atoms with Crippen molar-refractivity contribution in [3.05, 3.63) is 131 Å². The quantitative estimate of drug-likeness (QED) is 0.117. The number of amides is 3. The number of rotatable bonds is 12. The van der Waals surface area contributed by atoms with Crippen molar-refractivity contribution >= 4 is 23.9 Å². The van der Waals surface area contributed by atoms with Gasteiger partial charge in [0.25, 0.3) is 5.91 Å². The molecule has 0 aliphatic carbocycles. The Morgan fingerprint density at radius 3 is 2.29 bits per heavy atom. The number of nitrogens with one attached hydrogen (secondary N) is 1. The van der Waals surface area contributed by atoms with Gasteiger partial charge in [-0.2, -0.15) is 0 Å². The van der Waals surface area contributed by atoms with Crippen LogP contribution in [-0.2, 0) is 53.1 Å². The number of nitrogens with zero attached hydrogens (tertiary/aromatic N) is 2. The van der Waals surface area contributed by atoms with Crippen LogP contribution in [0.25, 0.3) is 11.1 Å². The fraction of sp³-hybridized carbons (Fsp3) is 0.391. The van der Waals surface area contributed by atoms with Crippen LogP contribution in [0.1, 0.15) is 86.7 Å². The van der Waals surface area contributed by atoms with E-state index in [0.717, 1.165) is 58.3 Å². The highest BCUT2D eigenvalue weighted by Crippen LogP contribution is 2.39. The standard InChI is InChI=1S/C46H51N3O9/c1-46(2,3)58-43(53)39-14-9-23-48(39)27-36-24-40(33-17-15-30(28-50)16-18-33)57-44(56-36)34-21-19-32(20-22-34)37-13-8-7-12-35(37)26-49-41(51)25-38(42(49)52)47-45(54)55-29-31-10-5-4-6-11-31/h4-8,10-13,15-22,36,38-40,44,50H,9,14,23-29H2,1-3H3,(H,47,54)/t36-,38?,39+,40+,44+/m1/s1. The predicted octanol–water partition coefficient (Wildman–Crippen LogP) is 6.75. The van der Waals surface area contributed by atoms with Crippen LogP contribution in [0.3, 0.4) is 0 Å². The molecule has 7 rings (SSSR count). The Hall–Kier alpha value is -5.40. The van der Waals surface area contributed by atoms with Crippen molar-refractivity contribution < 1.29 is 43.2 Å². The minimum atomic E-state index is -1.01. The number of benzene rings is 4. The number of likely N-dealkylation sites (tertiary alicyclic amines) is 2. The number of alkyl carbamates (subject to hydrolysis) is 1. The summed E-state index contributed by atoms with van der Waals surface area (Å²) in [5.41, 5.74) is 5.32. The number of carbonyl (C=O) groups excluding carboxylic acids is 4. The summed E-state index contributed by atoms with van der Waals surface area (Å²) in [5, 5.41) is 12.2. The normalized spacial score (nSPS) is 22.6. The van der Waals surface area contributed by atoms with Crippen LogP contribution in [-0.4, -0.2) is 75.7 Å². The Bertz CT molecular complexity index is 2070. The Labute approximate surface area is 339 Å². The van der Waals surface area contributed by atoms with Gasteiger partial charge in [-0.05, 0) is 73.5 Å². The minimum Gasteiger partial charge on any atom is -0.459 e. The molecule has 3 saturated heterocycles. The molecule has 0 bridgehead atoms. The van der Waals surface area contributed by atoms with E-state index < -0.39 is 29.9 Å². The molecule has 1 unspecified atom stereocenters. The van der Waals surface area contributed by atoms with Gasteiger partial charge in [0.15, 0.2) is 6.29 Å². The van der Waals surface area contributed by atoms with E-state index in [1.54, 1.807) is 0 Å². The average Bonchev–Trinajstić information content (AvgIpc) is 3.79. The number of esters is 1. The van der Waals surface area contributed by atoms with Crippen LogP contribution in [0, 0.1) is 0 Å². The number of imide groups is 1. The van der Waals surface area contributed by atoms with Crippen molar-refractivity contribution in [2.24, 2.45) is 0 Å². The smallest absolute Gasteiger partial charge is 0.408 e. The van der Waals surface area contributed by atoms with E-state index in [1.807, 2.05) is 124 Å². The molecule has 304 valence electrons. The monoisotopic (exact) mass is 789 g/mol. The van der Waals surface area contributed by atoms with Crippen LogP contribution in [0.4, 0.5) is 4.79 Å². The molecule has 3 amide bonds. The molecular weight excluding hydrogens is 739 g/mol. The highest BCUT2D eigenvalue weighted by Gasteiger charge is 2.41. The highest BCUT2D eigenvalue weighted by molar-refractivity contribution is 6.06. The molecule has 3 heterocycles. The van der Waals surface area contributed by atoms with E-state index in [-0.39, 0.29) is 56.3 Å². The van der Waals surface area contributed by atoms with Crippen LogP contribution in [0.5, 0.6) is 0 Å². The molecule has 58 heavy (non-hydrogen) atoms. The number of aliphatic hydroxyl groups is 1. The molecule has 3 aliphatic rings. The average molecular weight is 790 g/mol. The molecule has 5 atom stereocenters. The third-order valence-electron chi connectivity index (χ3n) is 10.7. The van der Waals surface area contributed by atoms with Crippen molar-refractivity contribution in [2.45, 2.75) is 102 Å². The third kappa shape index (κ3) is 10.00. The second kappa shape index (κ2) is 18.0. The van der Waals surface area contributed by atoms with Crippen LogP contribution in [0.2, 0.25) is 0 Å². The van der Waals surface area contributed by atoms with Gasteiger partial charge in [0.05, 0.1) is 31.8 Å². The van der Waals surface area contributed by atoms with Gasteiger partial charge in [-0.25, -0.2) is 4.79 Å². The van der Waals surface area contributed by atoms with Crippen LogP contribution < -0.4 is 5.32 Å². The van der Waals surface area contributed by atoms with Crippen molar-refractivity contribution in [1.29, 1.82) is 0 Å². The molecule has 0 saturated carbocycles. The number of ether oxygens (including phenoxy) is 4. The first kappa shape index (κ1) is 40.8. The van der Waals surface area contributed by atoms with E-state index in [4.69, 9.17) is 18.9 Å². The maximum absolute atomic E-state index is 13.4. The minimum absolute atomic E-state index is 0.0426. The lowest BCUT2D eigenvalue weighted by atomic mass is 9.97. The SMILES string of the molecule is CC(C)(C)OC(=O)[C@@H]1CCCN1C[C@H]1C[C@@H](c2ccc(CO)cc2)O[C@@H](c2ccc(-c3ccccc3CN3C(=O)CC(NC(=O)OCc4ccccc4)C3=O)cc2)O1. The van der Waals surface area contributed by atoms with Gasteiger partial charge >= 0.3 is 12.1 Å². The highest BCUT2D eigenvalue weighted by atomic mass is 16.7. The summed E-state index contributed by atoms with van der Waals surface area (Å²) < 4.78 is 24.3. The van der Waals surface area contributed by atoms with Gasteiger partial charge in [0, 0.05) is 18.5 Å². The summed E-state index contributed by atoms with van der Waals surface area (Å²) >= 11 is 0. The summed E-state index contributed by atoms with van der Waals surface area (Å²) in [5.74, 6) is -1.08. The molecule has 0 spiro atoms. The Kier molecular flexibility index (Phi) is 12.7. The molecule has 0 aromatic heterocycles. The summed E-state index contributed by atoms with van der Waals surface area (Å²) in [4.78, 5) is 55.4. The fourth-order valence-electron chi connectivity index (χ4n) is 7.77. The first-order valence-electron chi connectivity index (χ1n) is 19.9. The third-order valence-corrected chi connectivity index (χ3v) is 10.7. The zero-order valence-electron chi connectivity index (χ0n) is 33.2. The Morgan fingerprint density at radius 1 is 0.862 bits per heavy atom. The van der Waals surface area contributed by atoms with Gasteiger partial charge in [-0.1, -0.05) is 103 Å². The van der Waals surface area contributed by atoms with E-state index in [9.17, 15) is 24.3 Å². The summed E-state index contributed by atoms with van der Waals surface area (Å²) in [6.45, 7) is 6.99. The van der Waals surface area contributed by atoms with E-state index in [0.29, 0.717) is 13.0 Å². The van der Waals surface area contributed by atoms with Crippen molar-refractivity contribution in [3.8, 4) is 11.1 Å². The van der Waals surface area contributed by atoms with Gasteiger partial charge in [0.1, 0.15) is 24.3 Å². The number of carbonyl (C=O) groups is 4. The van der Waals surface area contributed by atoms with Crippen LogP contribution in [0.15, 0.2) is 103 Å².